The first kappa shape index (κ1) is 19.8. The molecule has 7 heteroatoms. The van der Waals surface area contributed by atoms with E-state index in [0.29, 0.717) is 6.54 Å². The van der Waals surface area contributed by atoms with Crippen molar-refractivity contribution in [2.45, 2.75) is 59.9 Å². The van der Waals surface area contributed by atoms with Gasteiger partial charge in [-0.25, -0.2) is 15.0 Å². The van der Waals surface area contributed by atoms with Crippen LogP contribution in [0.4, 0.5) is 0 Å². The molecule has 138 valence electrons. The summed E-state index contributed by atoms with van der Waals surface area (Å²) in [4.78, 5) is 15.2. The molecule has 25 heavy (non-hydrogen) atoms. The monoisotopic (exact) mass is 379 g/mol. The maximum Gasteiger partial charge on any atom is 0.191 e. The molecule has 2 N–H and O–H groups in total. The highest BCUT2D eigenvalue weighted by atomic mass is 32.1. The summed E-state index contributed by atoms with van der Waals surface area (Å²) in [5.41, 5.74) is 2.36. The van der Waals surface area contributed by atoms with Crippen LogP contribution in [0.15, 0.2) is 10.4 Å². The van der Waals surface area contributed by atoms with Gasteiger partial charge in [0, 0.05) is 35.2 Å². The largest absolute Gasteiger partial charge is 0.357 e. The Morgan fingerprint density at radius 1 is 1.16 bits per heavy atom. The van der Waals surface area contributed by atoms with E-state index in [0.717, 1.165) is 41.9 Å². The molecule has 0 amide bonds. The second kappa shape index (κ2) is 8.76. The van der Waals surface area contributed by atoms with Crippen LogP contribution in [0.2, 0.25) is 0 Å². The Bertz CT molecular complexity index is 690. The Kier molecular flexibility index (Phi) is 6.95. The molecule has 0 atom stereocenters. The normalized spacial score (nSPS) is 12.5. The van der Waals surface area contributed by atoms with Crippen LogP contribution in [-0.4, -0.2) is 29.0 Å². The number of aromatic nitrogens is 2. The lowest BCUT2D eigenvalue weighted by Crippen LogP contribution is -2.38. The standard InChI is InChI=1S/C18H29N5S2/c1-7-19-17(20-9-8-15-22-12(2)13(3)25-15)21-10-16-23-14(11-24-16)18(4,5)6/h11H,7-10H2,1-6H3,(H2,19,20,21). The van der Waals surface area contributed by atoms with E-state index in [9.17, 15) is 0 Å². The van der Waals surface area contributed by atoms with E-state index in [1.807, 2.05) is 0 Å². The summed E-state index contributed by atoms with van der Waals surface area (Å²) in [6.07, 6.45) is 0.912. The number of nitrogens with zero attached hydrogens (tertiary/aromatic N) is 3. The molecule has 0 saturated carbocycles. The Balaban J connectivity index is 1.90. The zero-order valence-electron chi connectivity index (χ0n) is 16.1. The van der Waals surface area contributed by atoms with Gasteiger partial charge in [0.15, 0.2) is 5.96 Å². The number of hydrogen-bond acceptors (Lipinski definition) is 5. The molecule has 0 fully saturated rings. The summed E-state index contributed by atoms with van der Waals surface area (Å²) in [5, 5.41) is 11.0. The first-order chi connectivity index (χ1) is 11.8. The van der Waals surface area contributed by atoms with E-state index in [-0.39, 0.29) is 5.41 Å². The van der Waals surface area contributed by atoms with Gasteiger partial charge >= 0.3 is 0 Å². The number of thiazole rings is 2. The molecule has 0 spiro atoms. The number of nitrogens with one attached hydrogen (secondary N) is 2. The minimum atomic E-state index is 0.0885. The second-order valence-corrected chi connectivity index (χ2v) is 9.23. The van der Waals surface area contributed by atoms with Gasteiger partial charge in [0.2, 0.25) is 0 Å². The highest BCUT2D eigenvalue weighted by Gasteiger charge is 2.17. The van der Waals surface area contributed by atoms with Crippen molar-refractivity contribution >= 4 is 28.6 Å². The van der Waals surface area contributed by atoms with Crippen LogP contribution in [0, 0.1) is 13.8 Å². The lowest BCUT2D eigenvalue weighted by molar-refractivity contribution is 0.571. The highest BCUT2D eigenvalue weighted by molar-refractivity contribution is 7.11. The smallest absolute Gasteiger partial charge is 0.191 e. The summed E-state index contributed by atoms with van der Waals surface area (Å²) in [6, 6.07) is 0. The molecular weight excluding hydrogens is 350 g/mol. The Hall–Kier alpha value is -1.47. The first-order valence-corrected chi connectivity index (χ1v) is 10.4. The second-order valence-electron chi connectivity index (χ2n) is 7.00. The van der Waals surface area contributed by atoms with Crippen molar-refractivity contribution in [1.82, 2.24) is 20.6 Å². The Morgan fingerprint density at radius 2 is 1.92 bits per heavy atom. The lowest BCUT2D eigenvalue weighted by Gasteiger charge is -2.14. The van der Waals surface area contributed by atoms with Gasteiger partial charge < -0.3 is 10.6 Å². The zero-order chi connectivity index (χ0) is 18.4. The number of rotatable bonds is 6. The minimum Gasteiger partial charge on any atom is -0.357 e. The van der Waals surface area contributed by atoms with Crippen LogP contribution in [0.25, 0.3) is 0 Å². The number of guanidine groups is 1. The summed E-state index contributed by atoms with van der Waals surface area (Å²) in [6.45, 7) is 15.1. The van der Waals surface area contributed by atoms with Crippen molar-refractivity contribution in [3.63, 3.8) is 0 Å². The van der Waals surface area contributed by atoms with Gasteiger partial charge in [-0.3, -0.25) is 0 Å². The van der Waals surface area contributed by atoms with Crippen LogP contribution < -0.4 is 10.6 Å². The molecule has 2 heterocycles. The molecule has 0 saturated heterocycles. The van der Waals surface area contributed by atoms with Gasteiger partial charge in [-0.05, 0) is 20.8 Å². The fourth-order valence-corrected chi connectivity index (χ4v) is 4.03. The van der Waals surface area contributed by atoms with Crippen molar-refractivity contribution in [2.75, 3.05) is 13.1 Å². The predicted molar refractivity (Wildman–Crippen MR) is 109 cm³/mol. The van der Waals surface area contributed by atoms with Gasteiger partial charge in [-0.2, -0.15) is 0 Å². The SMILES string of the molecule is CCNC(=NCc1nc(C(C)(C)C)cs1)NCCc1nc(C)c(C)s1. The van der Waals surface area contributed by atoms with E-state index >= 15 is 0 Å². The molecule has 0 aromatic carbocycles. The third-order valence-electron chi connectivity index (χ3n) is 3.74. The quantitative estimate of drug-likeness (QED) is 0.592. The van der Waals surface area contributed by atoms with Crippen molar-refractivity contribution in [2.24, 2.45) is 4.99 Å². The fourth-order valence-electron chi connectivity index (χ4n) is 2.15. The fraction of sp³-hybridized carbons (Fsp3) is 0.611. The van der Waals surface area contributed by atoms with Gasteiger partial charge in [0.05, 0.1) is 22.9 Å². The van der Waals surface area contributed by atoms with Crippen LogP contribution >= 0.6 is 22.7 Å². The van der Waals surface area contributed by atoms with Crippen molar-refractivity contribution in [3.8, 4) is 0 Å². The van der Waals surface area contributed by atoms with Crippen LogP contribution in [0.5, 0.6) is 0 Å². The van der Waals surface area contributed by atoms with E-state index in [4.69, 9.17) is 4.98 Å². The van der Waals surface area contributed by atoms with Gasteiger partial charge in [-0.1, -0.05) is 20.8 Å². The molecule has 0 aliphatic carbocycles. The molecule has 0 bridgehead atoms. The molecule has 0 aliphatic heterocycles. The summed E-state index contributed by atoms with van der Waals surface area (Å²) in [5.74, 6) is 0.833. The lowest BCUT2D eigenvalue weighted by atomic mass is 9.93. The van der Waals surface area contributed by atoms with Crippen LogP contribution in [-0.2, 0) is 18.4 Å². The van der Waals surface area contributed by atoms with Crippen molar-refractivity contribution in [3.05, 3.63) is 31.7 Å². The van der Waals surface area contributed by atoms with Crippen LogP contribution in [0.1, 0.15) is 54.0 Å². The average Bonchev–Trinajstić information content (AvgIpc) is 3.12. The third-order valence-corrected chi connectivity index (χ3v) is 5.71. The molecule has 0 unspecified atom stereocenters. The maximum absolute atomic E-state index is 4.70. The number of aliphatic imine (C=N–C) groups is 1. The number of hydrogen-bond donors (Lipinski definition) is 2. The summed E-state index contributed by atoms with van der Waals surface area (Å²) < 4.78 is 0. The Labute approximate surface area is 159 Å². The van der Waals surface area contributed by atoms with Crippen molar-refractivity contribution in [1.29, 1.82) is 0 Å². The molecule has 5 nitrogen and oxygen atoms in total. The predicted octanol–water partition coefficient (Wildman–Crippen LogP) is 3.81. The van der Waals surface area contributed by atoms with E-state index in [1.54, 1.807) is 22.7 Å². The van der Waals surface area contributed by atoms with Gasteiger partial charge in [-0.15, -0.1) is 22.7 Å². The molecular formula is C18H29N5S2. The maximum atomic E-state index is 4.70. The molecule has 0 radical (unpaired) electrons. The summed E-state index contributed by atoms with van der Waals surface area (Å²) in [7, 11) is 0. The summed E-state index contributed by atoms with van der Waals surface area (Å²) >= 11 is 3.45. The number of aryl methyl sites for hydroxylation is 2. The van der Waals surface area contributed by atoms with Gasteiger partial charge in [0.25, 0.3) is 0 Å². The van der Waals surface area contributed by atoms with E-state index < -0.39 is 0 Å². The average molecular weight is 380 g/mol. The first-order valence-electron chi connectivity index (χ1n) is 8.69. The minimum absolute atomic E-state index is 0.0885. The van der Waals surface area contributed by atoms with E-state index in [2.05, 4.69) is 67.5 Å². The molecule has 2 rings (SSSR count). The van der Waals surface area contributed by atoms with Crippen LogP contribution in [0.3, 0.4) is 0 Å². The highest BCUT2D eigenvalue weighted by Crippen LogP contribution is 2.24. The van der Waals surface area contributed by atoms with E-state index in [1.165, 1.54) is 9.88 Å². The zero-order valence-corrected chi connectivity index (χ0v) is 17.7. The Morgan fingerprint density at radius 3 is 2.48 bits per heavy atom. The van der Waals surface area contributed by atoms with Gasteiger partial charge in [0.1, 0.15) is 5.01 Å². The third kappa shape index (κ3) is 6.08. The molecule has 2 aromatic rings. The molecule has 2 aromatic heterocycles. The molecule has 0 aliphatic rings. The van der Waals surface area contributed by atoms with Crippen molar-refractivity contribution < 1.29 is 0 Å². The topological polar surface area (TPSA) is 62.2 Å².